The van der Waals surface area contributed by atoms with Gasteiger partial charge in [0.2, 0.25) is 21.8 Å². The van der Waals surface area contributed by atoms with E-state index in [1.165, 1.54) is 23.1 Å². The fourth-order valence-electron chi connectivity index (χ4n) is 3.54. The first kappa shape index (κ1) is 30.5. The Labute approximate surface area is 232 Å². The zero-order valence-corrected chi connectivity index (χ0v) is 24.1. The molecule has 198 valence electrons. The van der Waals surface area contributed by atoms with Crippen LogP contribution in [0.3, 0.4) is 0 Å². The maximum atomic E-state index is 13.7. The van der Waals surface area contributed by atoms with Gasteiger partial charge in [0.15, 0.2) is 0 Å². The zero-order chi connectivity index (χ0) is 27.0. The molecule has 0 saturated carbocycles. The molecule has 12 heteroatoms. The first-order valence-electron chi connectivity index (χ1n) is 11.3. The van der Waals surface area contributed by atoms with Crippen LogP contribution in [0.1, 0.15) is 38.7 Å². The number of carbonyl (C=O) groups is 2. The summed E-state index contributed by atoms with van der Waals surface area (Å²) in [5.41, 5.74) is 0.659. The molecule has 2 amide bonds. The number of carbonyl (C=O) groups excluding carboxylic acids is 2. The highest BCUT2D eigenvalue weighted by Gasteiger charge is 2.32. The number of unbranched alkanes of at least 4 members (excludes halogenated alkanes) is 1. The van der Waals surface area contributed by atoms with Gasteiger partial charge in [0.25, 0.3) is 0 Å². The SMILES string of the molecule is CCCCNC(=O)[C@@H](CC)N(Cc1ccc(Cl)cc1Cl)C(=O)CN(c1ccc(Cl)cc1Cl)S(C)(=O)=O. The van der Waals surface area contributed by atoms with Crippen molar-refractivity contribution in [2.45, 2.75) is 45.7 Å². The summed E-state index contributed by atoms with van der Waals surface area (Å²) in [6, 6.07) is 8.27. The van der Waals surface area contributed by atoms with E-state index in [-0.39, 0.29) is 23.2 Å². The van der Waals surface area contributed by atoms with E-state index in [1.54, 1.807) is 25.1 Å². The topological polar surface area (TPSA) is 86.8 Å². The second-order valence-corrected chi connectivity index (χ2v) is 11.8. The van der Waals surface area contributed by atoms with Crippen LogP contribution in [0.4, 0.5) is 5.69 Å². The van der Waals surface area contributed by atoms with Crippen LogP contribution in [0.2, 0.25) is 20.1 Å². The van der Waals surface area contributed by atoms with Crippen molar-refractivity contribution >= 4 is 73.9 Å². The van der Waals surface area contributed by atoms with Gasteiger partial charge in [-0.05, 0) is 48.7 Å². The van der Waals surface area contributed by atoms with Crippen LogP contribution in [0, 0.1) is 0 Å². The normalized spacial score (nSPS) is 12.2. The summed E-state index contributed by atoms with van der Waals surface area (Å²) < 4.78 is 26.2. The molecule has 0 radical (unpaired) electrons. The van der Waals surface area contributed by atoms with Crippen LogP contribution in [0.25, 0.3) is 0 Å². The number of sulfonamides is 1. The maximum absolute atomic E-state index is 13.7. The van der Waals surface area contributed by atoms with Gasteiger partial charge in [-0.15, -0.1) is 0 Å². The van der Waals surface area contributed by atoms with E-state index in [4.69, 9.17) is 46.4 Å². The van der Waals surface area contributed by atoms with Crippen molar-refractivity contribution in [3.05, 3.63) is 62.1 Å². The number of nitrogens with zero attached hydrogens (tertiary/aromatic N) is 2. The van der Waals surface area contributed by atoms with E-state index < -0.39 is 28.5 Å². The molecule has 2 rings (SSSR count). The smallest absolute Gasteiger partial charge is 0.244 e. The van der Waals surface area contributed by atoms with Gasteiger partial charge in [0, 0.05) is 28.2 Å². The minimum Gasteiger partial charge on any atom is -0.354 e. The summed E-state index contributed by atoms with van der Waals surface area (Å²) in [6.07, 6.45) is 2.96. The molecule has 0 spiro atoms. The van der Waals surface area contributed by atoms with Gasteiger partial charge in [-0.2, -0.15) is 0 Å². The van der Waals surface area contributed by atoms with E-state index in [9.17, 15) is 18.0 Å². The number of nitrogens with one attached hydrogen (secondary N) is 1. The lowest BCUT2D eigenvalue weighted by Crippen LogP contribution is -2.52. The van der Waals surface area contributed by atoms with Crippen LogP contribution in [-0.4, -0.2) is 50.5 Å². The molecule has 1 N–H and O–H groups in total. The van der Waals surface area contributed by atoms with E-state index in [2.05, 4.69) is 5.32 Å². The van der Waals surface area contributed by atoms with E-state index in [1.807, 2.05) is 6.92 Å². The predicted molar refractivity (Wildman–Crippen MR) is 148 cm³/mol. The average Bonchev–Trinajstić information content (AvgIpc) is 2.78. The molecule has 0 fully saturated rings. The third-order valence-corrected chi connectivity index (χ3v) is 7.68. The van der Waals surface area contributed by atoms with Gasteiger partial charge in [-0.1, -0.05) is 72.7 Å². The summed E-state index contributed by atoms with van der Waals surface area (Å²) in [7, 11) is -3.92. The first-order chi connectivity index (χ1) is 16.9. The van der Waals surface area contributed by atoms with Gasteiger partial charge >= 0.3 is 0 Å². The number of benzene rings is 2. The van der Waals surface area contributed by atoms with Crippen molar-refractivity contribution in [2.24, 2.45) is 0 Å². The predicted octanol–water partition coefficient (Wildman–Crippen LogP) is 5.79. The Morgan fingerprint density at radius 1 is 0.972 bits per heavy atom. The summed E-state index contributed by atoms with van der Waals surface area (Å²) in [4.78, 5) is 28.0. The first-order valence-corrected chi connectivity index (χ1v) is 14.7. The van der Waals surface area contributed by atoms with Gasteiger partial charge in [-0.25, -0.2) is 8.42 Å². The molecule has 2 aromatic rings. The number of rotatable bonds is 12. The third-order valence-electron chi connectivity index (χ3n) is 5.43. The Kier molecular flexibility index (Phi) is 11.6. The Hall–Kier alpha value is -1.71. The van der Waals surface area contributed by atoms with E-state index in [0.717, 1.165) is 23.4 Å². The van der Waals surface area contributed by atoms with Crippen molar-refractivity contribution in [3.8, 4) is 0 Å². The fourth-order valence-corrected chi connectivity index (χ4v) is 5.43. The number of anilines is 1. The lowest BCUT2D eigenvalue weighted by molar-refractivity contribution is -0.140. The molecular weight excluding hydrogens is 568 g/mol. The van der Waals surface area contributed by atoms with Gasteiger partial charge in [0.05, 0.1) is 17.0 Å². The average molecular weight is 597 g/mol. The van der Waals surface area contributed by atoms with E-state index >= 15 is 0 Å². The second kappa shape index (κ2) is 13.7. The van der Waals surface area contributed by atoms with Gasteiger partial charge < -0.3 is 10.2 Å². The van der Waals surface area contributed by atoms with Crippen molar-refractivity contribution in [2.75, 3.05) is 23.7 Å². The van der Waals surface area contributed by atoms with Crippen molar-refractivity contribution < 1.29 is 18.0 Å². The molecule has 2 aromatic carbocycles. The molecule has 0 aromatic heterocycles. The van der Waals surface area contributed by atoms with Crippen molar-refractivity contribution in [1.29, 1.82) is 0 Å². The standard InChI is InChI=1S/C24H29Cl4N3O4S/c1-4-6-11-29-24(33)21(5-2)30(14-16-7-8-17(25)12-19(16)27)23(32)15-31(36(3,34)35)22-10-9-18(26)13-20(22)28/h7-10,12-13,21H,4-6,11,14-15H2,1-3H3,(H,29,33)/t21-/m1/s1. The lowest BCUT2D eigenvalue weighted by atomic mass is 10.1. The summed E-state index contributed by atoms with van der Waals surface area (Å²) in [5, 5.41) is 3.98. The maximum Gasteiger partial charge on any atom is 0.244 e. The molecule has 36 heavy (non-hydrogen) atoms. The summed E-state index contributed by atoms with van der Waals surface area (Å²) in [5.74, 6) is -0.935. The number of amides is 2. The molecule has 0 bridgehead atoms. The van der Waals surface area contributed by atoms with Crippen LogP contribution in [0.5, 0.6) is 0 Å². The number of hydrogen-bond donors (Lipinski definition) is 1. The molecule has 7 nitrogen and oxygen atoms in total. The van der Waals surface area contributed by atoms with Crippen LogP contribution >= 0.6 is 46.4 Å². The molecular formula is C24H29Cl4N3O4S. The molecule has 0 heterocycles. The molecule has 0 aliphatic rings. The highest BCUT2D eigenvalue weighted by atomic mass is 35.5. The van der Waals surface area contributed by atoms with Gasteiger partial charge in [-0.3, -0.25) is 13.9 Å². The van der Waals surface area contributed by atoms with Crippen LogP contribution in [0.15, 0.2) is 36.4 Å². The number of hydrogen-bond acceptors (Lipinski definition) is 4. The Bertz CT molecular complexity index is 1190. The monoisotopic (exact) mass is 595 g/mol. The molecule has 1 atom stereocenters. The minimum absolute atomic E-state index is 0.0273. The largest absolute Gasteiger partial charge is 0.354 e. The van der Waals surface area contributed by atoms with Crippen molar-refractivity contribution in [3.63, 3.8) is 0 Å². The second-order valence-electron chi connectivity index (χ2n) is 8.19. The lowest BCUT2D eigenvalue weighted by Gasteiger charge is -2.33. The molecule has 0 saturated heterocycles. The highest BCUT2D eigenvalue weighted by Crippen LogP contribution is 2.31. The molecule has 0 unspecified atom stereocenters. The summed E-state index contributed by atoms with van der Waals surface area (Å²) >= 11 is 24.6. The highest BCUT2D eigenvalue weighted by molar-refractivity contribution is 7.92. The Balaban J connectivity index is 2.47. The summed E-state index contributed by atoms with van der Waals surface area (Å²) in [6.45, 7) is 3.64. The quantitative estimate of drug-likeness (QED) is 0.314. The van der Waals surface area contributed by atoms with E-state index in [0.29, 0.717) is 33.6 Å². The third kappa shape index (κ3) is 8.42. The van der Waals surface area contributed by atoms with Crippen LogP contribution in [-0.2, 0) is 26.2 Å². The molecule has 0 aliphatic carbocycles. The minimum atomic E-state index is -3.92. The number of halogens is 4. The Morgan fingerprint density at radius 3 is 2.11 bits per heavy atom. The van der Waals surface area contributed by atoms with Gasteiger partial charge in [0.1, 0.15) is 12.6 Å². The Morgan fingerprint density at radius 2 is 1.58 bits per heavy atom. The zero-order valence-electron chi connectivity index (χ0n) is 20.2. The fraction of sp³-hybridized carbons (Fsp3) is 0.417. The van der Waals surface area contributed by atoms with Crippen LogP contribution < -0.4 is 9.62 Å². The van der Waals surface area contributed by atoms with Crippen molar-refractivity contribution in [1.82, 2.24) is 10.2 Å². The molecule has 0 aliphatic heterocycles.